The molecule has 1 aliphatic carbocycles. The molecule has 2 aliphatic heterocycles. The SMILES string of the molecule is O=C1CO[C@@H]2CN(Cc3ccc(OC4CCCC4)cc3)CC[C@@]2(c2ccccc2)N1. The van der Waals surface area contributed by atoms with E-state index in [0.717, 1.165) is 37.4 Å². The maximum Gasteiger partial charge on any atom is 0.246 e. The molecular weight excluding hydrogens is 376 g/mol. The second-order valence-corrected chi connectivity index (χ2v) is 8.84. The Morgan fingerprint density at radius 2 is 1.83 bits per heavy atom. The van der Waals surface area contributed by atoms with Crippen LogP contribution in [0.5, 0.6) is 5.75 Å². The highest BCUT2D eigenvalue weighted by Crippen LogP contribution is 2.37. The molecule has 5 heteroatoms. The molecule has 0 aromatic heterocycles. The zero-order chi connectivity index (χ0) is 20.4. The van der Waals surface area contributed by atoms with Crippen LogP contribution in [0.1, 0.15) is 43.2 Å². The second kappa shape index (κ2) is 8.40. The number of carbonyl (C=O) groups is 1. The zero-order valence-electron chi connectivity index (χ0n) is 17.4. The summed E-state index contributed by atoms with van der Waals surface area (Å²) in [6.07, 6.45) is 6.11. The number of nitrogens with one attached hydrogen (secondary N) is 1. The van der Waals surface area contributed by atoms with Crippen LogP contribution in [-0.4, -0.2) is 42.7 Å². The maximum atomic E-state index is 12.2. The van der Waals surface area contributed by atoms with Crippen LogP contribution < -0.4 is 10.1 Å². The van der Waals surface area contributed by atoms with Crippen molar-refractivity contribution in [2.45, 2.75) is 56.4 Å². The second-order valence-electron chi connectivity index (χ2n) is 8.84. The minimum atomic E-state index is -0.425. The molecule has 30 heavy (non-hydrogen) atoms. The summed E-state index contributed by atoms with van der Waals surface area (Å²) >= 11 is 0. The minimum absolute atomic E-state index is 0.0265. The lowest BCUT2D eigenvalue weighted by molar-refractivity contribution is -0.152. The van der Waals surface area contributed by atoms with Gasteiger partial charge in [0.1, 0.15) is 12.4 Å². The fraction of sp³-hybridized carbons (Fsp3) is 0.480. The molecule has 0 radical (unpaired) electrons. The van der Waals surface area contributed by atoms with Crippen molar-refractivity contribution in [3.8, 4) is 5.75 Å². The molecule has 2 aromatic carbocycles. The van der Waals surface area contributed by atoms with Gasteiger partial charge in [0, 0.05) is 19.6 Å². The molecule has 0 bridgehead atoms. The monoisotopic (exact) mass is 406 g/mol. The van der Waals surface area contributed by atoms with Crippen LogP contribution in [0.4, 0.5) is 0 Å². The first-order chi connectivity index (χ1) is 14.7. The van der Waals surface area contributed by atoms with Crippen LogP contribution in [0, 0.1) is 0 Å². The number of hydrogen-bond donors (Lipinski definition) is 1. The van der Waals surface area contributed by atoms with E-state index < -0.39 is 5.54 Å². The summed E-state index contributed by atoms with van der Waals surface area (Å²) in [5, 5.41) is 3.27. The molecule has 3 fully saturated rings. The third-order valence-electron chi connectivity index (χ3n) is 6.80. The Morgan fingerprint density at radius 1 is 1.07 bits per heavy atom. The van der Waals surface area contributed by atoms with E-state index in [1.165, 1.54) is 31.2 Å². The highest BCUT2D eigenvalue weighted by Gasteiger charge is 2.48. The van der Waals surface area contributed by atoms with Crippen molar-refractivity contribution in [1.82, 2.24) is 10.2 Å². The fourth-order valence-corrected chi connectivity index (χ4v) is 5.19. The predicted octanol–water partition coefficient (Wildman–Crippen LogP) is 3.62. The van der Waals surface area contributed by atoms with Crippen molar-refractivity contribution in [1.29, 1.82) is 0 Å². The lowest BCUT2D eigenvalue weighted by atomic mass is 9.77. The highest BCUT2D eigenvalue weighted by atomic mass is 16.5. The summed E-state index contributed by atoms with van der Waals surface area (Å²) in [6.45, 7) is 2.73. The number of amides is 1. The molecule has 5 nitrogen and oxygen atoms in total. The average Bonchev–Trinajstić information content (AvgIpc) is 3.29. The smallest absolute Gasteiger partial charge is 0.246 e. The summed E-state index contributed by atoms with van der Waals surface area (Å²) in [4.78, 5) is 14.6. The summed E-state index contributed by atoms with van der Waals surface area (Å²) in [7, 11) is 0. The van der Waals surface area contributed by atoms with Crippen molar-refractivity contribution in [2.24, 2.45) is 0 Å². The first-order valence-electron chi connectivity index (χ1n) is 11.2. The van der Waals surface area contributed by atoms with Crippen LogP contribution in [0.15, 0.2) is 54.6 Å². The van der Waals surface area contributed by atoms with Gasteiger partial charge in [-0.1, -0.05) is 42.5 Å². The molecule has 2 atom stereocenters. The lowest BCUT2D eigenvalue weighted by Crippen LogP contribution is -2.66. The van der Waals surface area contributed by atoms with Crippen molar-refractivity contribution < 1.29 is 14.3 Å². The highest BCUT2D eigenvalue weighted by molar-refractivity contribution is 5.79. The summed E-state index contributed by atoms with van der Waals surface area (Å²) in [5.74, 6) is 0.951. The molecule has 0 unspecified atom stereocenters. The summed E-state index contributed by atoms with van der Waals surface area (Å²) in [5.41, 5.74) is 1.99. The van der Waals surface area contributed by atoms with Crippen LogP contribution >= 0.6 is 0 Å². The Balaban J connectivity index is 1.25. The van der Waals surface area contributed by atoms with Gasteiger partial charge in [-0.05, 0) is 55.4 Å². The van der Waals surface area contributed by atoms with Crippen LogP contribution in [0.25, 0.3) is 0 Å². The number of ether oxygens (including phenoxy) is 2. The van der Waals surface area contributed by atoms with Gasteiger partial charge in [-0.2, -0.15) is 0 Å². The Bertz CT molecular complexity index is 864. The van der Waals surface area contributed by atoms with E-state index in [1.807, 2.05) is 18.2 Å². The summed E-state index contributed by atoms with van der Waals surface area (Å²) < 4.78 is 12.1. The van der Waals surface area contributed by atoms with Gasteiger partial charge in [0.15, 0.2) is 0 Å². The van der Waals surface area contributed by atoms with Crippen LogP contribution in [0.2, 0.25) is 0 Å². The van der Waals surface area contributed by atoms with Gasteiger partial charge in [0.05, 0.1) is 17.7 Å². The van der Waals surface area contributed by atoms with E-state index in [4.69, 9.17) is 9.47 Å². The number of nitrogens with zero attached hydrogens (tertiary/aromatic N) is 1. The van der Waals surface area contributed by atoms with Crippen molar-refractivity contribution in [3.05, 3.63) is 65.7 Å². The molecule has 3 aliphatic rings. The average molecular weight is 407 g/mol. The largest absolute Gasteiger partial charge is 0.490 e. The van der Waals surface area contributed by atoms with E-state index in [9.17, 15) is 4.79 Å². The Kier molecular flexibility index (Phi) is 5.48. The van der Waals surface area contributed by atoms with Crippen molar-refractivity contribution in [2.75, 3.05) is 19.7 Å². The van der Waals surface area contributed by atoms with E-state index in [0.29, 0.717) is 6.10 Å². The van der Waals surface area contributed by atoms with Gasteiger partial charge >= 0.3 is 0 Å². The molecule has 2 aromatic rings. The fourth-order valence-electron chi connectivity index (χ4n) is 5.19. The first kappa shape index (κ1) is 19.6. The third-order valence-corrected chi connectivity index (χ3v) is 6.80. The first-order valence-corrected chi connectivity index (χ1v) is 11.2. The normalized spacial score (nSPS) is 27.5. The Labute approximate surface area is 178 Å². The Morgan fingerprint density at radius 3 is 2.60 bits per heavy atom. The van der Waals surface area contributed by atoms with Crippen molar-refractivity contribution in [3.63, 3.8) is 0 Å². The van der Waals surface area contributed by atoms with Gasteiger partial charge in [0.25, 0.3) is 0 Å². The van der Waals surface area contributed by atoms with Gasteiger partial charge in [0.2, 0.25) is 5.91 Å². The van der Waals surface area contributed by atoms with E-state index in [2.05, 4.69) is 46.6 Å². The minimum Gasteiger partial charge on any atom is -0.490 e. The standard InChI is InChI=1S/C25H30N2O3/c28-24-18-29-23-17-27(15-14-25(23,26-24)20-6-2-1-3-7-20)16-19-10-12-22(13-11-19)30-21-8-4-5-9-21/h1-3,6-7,10-13,21,23H,4-5,8-9,14-18H2,(H,26,28)/t23-,25+/m1/s1. The van der Waals surface area contributed by atoms with Gasteiger partial charge < -0.3 is 14.8 Å². The number of piperidine rings is 1. The van der Waals surface area contributed by atoms with Crippen LogP contribution in [0.3, 0.4) is 0 Å². The number of rotatable bonds is 5. The van der Waals surface area contributed by atoms with E-state index in [-0.39, 0.29) is 18.6 Å². The Hall–Kier alpha value is -2.37. The number of carbonyl (C=O) groups excluding carboxylic acids is 1. The number of morpholine rings is 1. The van der Waals surface area contributed by atoms with Gasteiger partial charge in [-0.3, -0.25) is 9.69 Å². The van der Waals surface area contributed by atoms with Crippen LogP contribution in [-0.2, 0) is 21.6 Å². The predicted molar refractivity (Wildman–Crippen MR) is 115 cm³/mol. The summed E-state index contributed by atoms with van der Waals surface area (Å²) in [6, 6.07) is 18.8. The molecule has 2 heterocycles. The molecule has 2 saturated heterocycles. The van der Waals surface area contributed by atoms with E-state index >= 15 is 0 Å². The molecule has 1 N–H and O–H groups in total. The number of hydrogen-bond acceptors (Lipinski definition) is 4. The lowest BCUT2D eigenvalue weighted by Gasteiger charge is -2.50. The van der Waals surface area contributed by atoms with Crippen molar-refractivity contribution >= 4 is 5.91 Å². The quantitative estimate of drug-likeness (QED) is 0.824. The number of fused-ring (bicyclic) bond motifs is 1. The maximum absolute atomic E-state index is 12.2. The molecule has 5 rings (SSSR count). The zero-order valence-corrected chi connectivity index (χ0v) is 17.4. The molecule has 1 saturated carbocycles. The third kappa shape index (κ3) is 3.96. The molecule has 0 spiro atoms. The van der Waals surface area contributed by atoms with E-state index in [1.54, 1.807) is 0 Å². The topological polar surface area (TPSA) is 50.8 Å². The van der Waals surface area contributed by atoms with Gasteiger partial charge in [-0.25, -0.2) is 0 Å². The molecule has 1 amide bonds. The molecule has 158 valence electrons. The number of benzene rings is 2. The molecular formula is C25H30N2O3. The van der Waals surface area contributed by atoms with Gasteiger partial charge in [-0.15, -0.1) is 0 Å². The number of likely N-dealkylation sites (tertiary alicyclic amines) is 1.